The van der Waals surface area contributed by atoms with Crippen molar-refractivity contribution in [3.63, 3.8) is 0 Å². The van der Waals surface area contributed by atoms with Crippen LogP contribution in [0.2, 0.25) is 0 Å². The molecule has 1 rings (SSSR count). The van der Waals surface area contributed by atoms with Gasteiger partial charge in [0.05, 0.1) is 11.1 Å². The summed E-state index contributed by atoms with van der Waals surface area (Å²) in [5.74, 6) is -3.67. The summed E-state index contributed by atoms with van der Waals surface area (Å²) in [6.07, 6.45) is -3.18. The molecule has 1 unspecified atom stereocenters. The summed E-state index contributed by atoms with van der Waals surface area (Å²) in [5, 5.41) is 2.49. The van der Waals surface area contributed by atoms with Crippen LogP contribution in [0.15, 0.2) is 22.7 Å². The number of nitrogens with one attached hydrogen (secondary N) is 1. The molecule has 0 aliphatic rings. The summed E-state index contributed by atoms with van der Waals surface area (Å²) < 4.78 is 58.5. The third kappa shape index (κ3) is 4.57. The van der Waals surface area contributed by atoms with Crippen molar-refractivity contribution in [2.45, 2.75) is 38.7 Å². The topological polar surface area (TPSA) is 21.3 Å². The van der Waals surface area contributed by atoms with Crippen molar-refractivity contribution in [1.82, 2.24) is 5.32 Å². The average molecular weight is 372 g/mol. The zero-order chi connectivity index (χ0) is 16.0. The van der Waals surface area contributed by atoms with Crippen molar-refractivity contribution in [3.05, 3.63) is 28.2 Å². The van der Waals surface area contributed by atoms with E-state index < -0.39 is 18.4 Å². The first-order valence-electron chi connectivity index (χ1n) is 6.66. The molecule has 21 heavy (non-hydrogen) atoms. The zero-order valence-corrected chi connectivity index (χ0v) is 13.4. The standard InChI is InChI=1S/C14H18BrF4NO/c1-3-7-20-12(14(18,19)13(16)17)9-5-6-11(21-4-2)10(15)8-9/h5-6,8,12-13,20H,3-4,7H2,1-2H3. The van der Waals surface area contributed by atoms with Gasteiger partial charge < -0.3 is 10.1 Å². The van der Waals surface area contributed by atoms with Gasteiger partial charge in [-0.05, 0) is 53.5 Å². The van der Waals surface area contributed by atoms with E-state index in [0.717, 1.165) is 0 Å². The summed E-state index contributed by atoms with van der Waals surface area (Å²) in [7, 11) is 0. The van der Waals surface area contributed by atoms with Crippen LogP contribution in [0.3, 0.4) is 0 Å². The molecule has 2 nitrogen and oxygen atoms in total. The monoisotopic (exact) mass is 371 g/mol. The smallest absolute Gasteiger partial charge is 0.326 e. The molecule has 0 aromatic heterocycles. The van der Waals surface area contributed by atoms with Gasteiger partial charge in [-0.1, -0.05) is 13.0 Å². The molecule has 0 spiro atoms. The molecule has 0 radical (unpaired) electrons. The number of benzene rings is 1. The van der Waals surface area contributed by atoms with E-state index in [0.29, 0.717) is 23.2 Å². The van der Waals surface area contributed by atoms with Crippen LogP contribution < -0.4 is 10.1 Å². The molecule has 7 heteroatoms. The molecular formula is C14H18BrF4NO. The Morgan fingerprint density at radius 2 is 1.95 bits per heavy atom. The van der Waals surface area contributed by atoms with Crippen LogP contribution >= 0.6 is 15.9 Å². The van der Waals surface area contributed by atoms with E-state index in [9.17, 15) is 17.6 Å². The number of hydrogen-bond acceptors (Lipinski definition) is 2. The van der Waals surface area contributed by atoms with Gasteiger partial charge in [-0.15, -0.1) is 0 Å². The van der Waals surface area contributed by atoms with Gasteiger partial charge in [-0.25, -0.2) is 8.78 Å². The lowest BCUT2D eigenvalue weighted by atomic mass is 10.00. The van der Waals surface area contributed by atoms with E-state index in [-0.39, 0.29) is 12.1 Å². The van der Waals surface area contributed by atoms with E-state index in [1.807, 2.05) is 0 Å². The third-order valence-electron chi connectivity index (χ3n) is 2.86. The first kappa shape index (κ1) is 18.2. The maximum atomic E-state index is 13.7. The van der Waals surface area contributed by atoms with Crippen LogP contribution in [0.5, 0.6) is 5.75 Å². The van der Waals surface area contributed by atoms with E-state index in [1.165, 1.54) is 18.2 Å². The maximum Gasteiger partial charge on any atom is 0.326 e. The van der Waals surface area contributed by atoms with E-state index in [1.54, 1.807) is 13.8 Å². The molecule has 1 N–H and O–H groups in total. The number of halogens is 5. The Hall–Kier alpha value is -0.820. The molecular weight excluding hydrogens is 354 g/mol. The van der Waals surface area contributed by atoms with Crippen LogP contribution in [0, 0.1) is 0 Å². The normalized spacial score (nSPS) is 13.5. The summed E-state index contributed by atoms with van der Waals surface area (Å²) in [4.78, 5) is 0. The van der Waals surface area contributed by atoms with Crippen molar-refractivity contribution in [2.75, 3.05) is 13.2 Å². The van der Waals surface area contributed by atoms with E-state index in [2.05, 4.69) is 21.2 Å². The van der Waals surface area contributed by atoms with Gasteiger partial charge in [-0.3, -0.25) is 0 Å². The minimum Gasteiger partial charge on any atom is -0.493 e. The number of hydrogen-bond donors (Lipinski definition) is 1. The Morgan fingerprint density at radius 1 is 1.29 bits per heavy atom. The summed E-state index contributed by atoms with van der Waals surface area (Å²) in [5.41, 5.74) is 0.0871. The van der Waals surface area contributed by atoms with Gasteiger partial charge in [0.25, 0.3) is 0 Å². The Labute approximate surface area is 130 Å². The SMILES string of the molecule is CCCNC(c1ccc(OCC)c(Br)c1)C(F)(F)C(F)F. The highest BCUT2D eigenvalue weighted by atomic mass is 79.9. The highest BCUT2D eigenvalue weighted by Crippen LogP contribution is 2.38. The van der Waals surface area contributed by atoms with Crippen molar-refractivity contribution >= 4 is 15.9 Å². The average Bonchev–Trinajstić information content (AvgIpc) is 2.42. The molecule has 0 aliphatic heterocycles. The molecule has 0 bridgehead atoms. The van der Waals surface area contributed by atoms with Crippen LogP contribution in [0.4, 0.5) is 17.6 Å². The predicted molar refractivity (Wildman–Crippen MR) is 77.3 cm³/mol. The van der Waals surface area contributed by atoms with Gasteiger partial charge in [0.2, 0.25) is 0 Å². The molecule has 1 atom stereocenters. The quantitative estimate of drug-likeness (QED) is 0.663. The van der Waals surface area contributed by atoms with Crippen molar-refractivity contribution in [3.8, 4) is 5.75 Å². The largest absolute Gasteiger partial charge is 0.493 e. The molecule has 0 saturated carbocycles. The van der Waals surface area contributed by atoms with Gasteiger partial charge in [0.1, 0.15) is 11.8 Å². The fraction of sp³-hybridized carbons (Fsp3) is 0.571. The van der Waals surface area contributed by atoms with Crippen LogP contribution in [0.1, 0.15) is 31.9 Å². The van der Waals surface area contributed by atoms with Gasteiger partial charge in [-0.2, -0.15) is 8.78 Å². The first-order chi connectivity index (χ1) is 9.84. The molecule has 0 aliphatic carbocycles. The Morgan fingerprint density at radius 3 is 2.43 bits per heavy atom. The van der Waals surface area contributed by atoms with Gasteiger partial charge in [0, 0.05) is 0 Å². The highest BCUT2D eigenvalue weighted by molar-refractivity contribution is 9.10. The fourth-order valence-electron chi connectivity index (χ4n) is 1.86. The zero-order valence-electron chi connectivity index (χ0n) is 11.8. The lowest BCUT2D eigenvalue weighted by Gasteiger charge is -2.28. The lowest BCUT2D eigenvalue weighted by molar-refractivity contribution is -0.151. The van der Waals surface area contributed by atoms with Crippen LogP contribution in [0.25, 0.3) is 0 Å². The first-order valence-corrected chi connectivity index (χ1v) is 7.45. The van der Waals surface area contributed by atoms with Crippen molar-refractivity contribution in [1.29, 1.82) is 0 Å². The van der Waals surface area contributed by atoms with E-state index >= 15 is 0 Å². The molecule has 0 saturated heterocycles. The predicted octanol–water partition coefficient (Wildman–Crippen LogP) is 4.79. The van der Waals surface area contributed by atoms with Crippen LogP contribution in [-0.2, 0) is 0 Å². The summed E-state index contributed by atoms with van der Waals surface area (Å²) >= 11 is 3.20. The Kier molecular flexibility index (Phi) is 6.93. The minimum atomic E-state index is -4.15. The van der Waals surface area contributed by atoms with Crippen LogP contribution in [-0.4, -0.2) is 25.5 Å². The Balaban J connectivity index is 3.11. The third-order valence-corrected chi connectivity index (χ3v) is 3.48. The second kappa shape index (κ2) is 7.98. The number of ether oxygens (including phenoxy) is 1. The maximum absolute atomic E-state index is 13.7. The Bertz CT molecular complexity index is 457. The summed E-state index contributed by atoms with van der Waals surface area (Å²) in [6.45, 7) is 4.20. The minimum absolute atomic E-state index is 0.0871. The molecule has 1 aromatic carbocycles. The van der Waals surface area contributed by atoms with Crippen molar-refractivity contribution < 1.29 is 22.3 Å². The van der Waals surface area contributed by atoms with E-state index in [4.69, 9.17) is 4.74 Å². The number of rotatable bonds is 8. The highest BCUT2D eigenvalue weighted by Gasteiger charge is 2.49. The van der Waals surface area contributed by atoms with Crippen molar-refractivity contribution in [2.24, 2.45) is 0 Å². The second-order valence-electron chi connectivity index (χ2n) is 4.49. The second-order valence-corrected chi connectivity index (χ2v) is 5.34. The molecule has 0 heterocycles. The lowest BCUT2D eigenvalue weighted by Crippen LogP contribution is -2.42. The molecule has 0 amide bonds. The molecule has 1 aromatic rings. The summed E-state index contributed by atoms with van der Waals surface area (Å²) in [6, 6.07) is 2.50. The van der Waals surface area contributed by atoms with Gasteiger partial charge >= 0.3 is 12.3 Å². The molecule has 120 valence electrons. The number of alkyl halides is 4. The molecule has 0 fully saturated rings. The fourth-order valence-corrected chi connectivity index (χ4v) is 2.37. The van der Waals surface area contributed by atoms with Gasteiger partial charge in [0.15, 0.2) is 0 Å².